The summed E-state index contributed by atoms with van der Waals surface area (Å²) in [5.41, 5.74) is 4.53. The zero-order valence-corrected chi connectivity index (χ0v) is 7.55. The van der Waals surface area contributed by atoms with Crippen molar-refractivity contribution in [3.8, 4) is 0 Å². The van der Waals surface area contributed by atoms with Crippen LogP contribution >= 0.6 is 0 Å². The molecule has 1 saturated heterocycles. The number of likely N-dealkylation sites (tertiary alicyclic amines) is 1. The third kappa shape index (κ3) is 1.29. The van der Waals surface area contributed by atoms with E-state index in [1.165, 1.54) is 0 Å². The molecule has 0 saturated carbocycles. The van der Waals surface area contributed by atoms with Gasteiger partial charge in [0.05, 0.1) is 5.84 Å². The molecular formula is C8H15N3O. The number of nitrogens with two attached hydrogens (primary N) is 1. The molecule has 12 heavy (non-hydrogen) atoms. The highest BCUT2D eigenvalue weighted by Crippen LogP contribution is 2.21. The number of amidine groups is 1. The van der Waals surface area contributed by atoms with E-state index in [0.717, 1.165) is 19.4 Å². The molecule has 0 atom stereocenters. The van der Waals surface area contributed by atoms with Crippen molar-refractivity contribution in [1.82, 2.24) is 4.90 Å². The molecule has 0 aliphatic carbocycles. The minimum atomic E-state index is -0.701. The third-order valence-electron chi connectivity index (χ3n) is 2.40. The first-order valence-corrected chi connectivity index (χ1v) is 4.11. The molecule has 4 heteroatoms. The quantitative estimate of drug-likeness (QED) is 0.625. The second-order valence-electron chi connectivity index (χ2n) is 3.63. The lowest BCUT2D eigenvalue weighted by molar-refractivity contribution is -0.126. The van der Waals surface area contributed by atoms with Crippen LogP contribution in [0.1, 0.15) is 26.7 Å². The molecule has 1 heterocycles. The van der Waals surface area contributed by atoms with Gasteiger partial charge in [0.2, 0.25) is 5.91 Å². The molecule has 1 rings (SSSR count). The molecule has 1 aliphatic rings. The SMILES string of the molecule is CC(C)(C(N)=O)N1CCCC1=N. The maximum atomic E-state index is 11.0. The molecule has 3 N–H and O–H groups in total. The van der Waals surface area contributed by atoms with E-state index in [1.807, 2.05) is 0 Å². The van der Waals surface area contributed by atoms with Crippen LogP contribution in [0.4, 0.5) is 0 Å². The second kappa shape index (κ2) is 2.77. The molecule has 68 valence electrons. The third-order valence-corrected chi connectivity index (χ3v) is 2.40. The number of hydrogen-bond donors (Lipinski definition) is 2. The van der Waals surface area contributed by atoms with Crippen molar-refractivity contribution in [2.45, 2.75) is 32.2 Å². The number of hydrogen-bond acceptors (Lipinski definition) is 2. The summed E-state index contributed by atoms with van der Waals surface area (Å²) in [6, 6.07) is 0. The van der Waals surface area contributed by atoms with Gasteiger partial charge in [0.15, 0.2) is 0 Å². The Bertz CT molecular complexity index is 222. The van der Waals surface area contributed by atoms with Gasteiger partial charge < -0.3 is 10.6 Å². The summed E-state index contributed by atoms with van der Waals surface area (Å²) in [6.07, 6.45) is 1.71. The number of nitrogens with one attached hydrogen (secondary N) is 1. The zero-order chi connectivity index (χ0) is 9.35. The average Bonchev–Trinajstić information content (AvgIpc) is 2.35. The first kappa shape index (κ1) is 9.03. The lowest BCUT2D eigenvalue weighted by Gasteiger charge is -2.33. The van der Waals surface area contributed by atoms with Gasteiger partial charge in [-0.05, 0) is 20.3 Å². The highest BCUT2D eigenvalue weighted by Gasteiger charge is 2.36. The van der Waals surface area contributed by atoms with Crippen LogP contribution in [-0.2, 0) is 4.79 Å². The monoisotopic (exact) mass is 169 g/mol. The molecule has 0 unspecified atom stereocenters. The van der Waals surface area contributed by atoms with Gasteiger partial charge in [0.25, 0.3) is 0 Å². The zero-order valence-electron chi connectivity index (χ0n) is 7.55. The normalized spacial score (nSPS) is 18.5. The lowest BCUT2D eigenvalue weighted by atomic mass is 10.0. The van der Waals surface area contributed by atoms with Crippen LogP contribution < -0.4 is 5.73 Å². The van der Waals surface area contributed by atoms with E-state index in [4.69, 9.17) is 11.1 Å². The first-order valence-electron chi connectivity index (χ1n) is 4.11. The largest absolute Gasteiger partial charge is 0.368 e. The molecule has 0 aromatic rings. The van der Waals surface area contributed by atoms with Gasteiger partial charge in [0.1, 0.15) is 5.54 Å². The molecular weight excluding hydrogens is 154 g/mol. The standard InChI is InChI=1S/C8H15N3O/c1-8(2,7(10)12)11-5-3-4-6(11)9/h9H,3-5H2,1-2H3,(H2,10,12). The Morgan fingerprint density at radius 2 is 2.25 bits per heavy atom. The van der Waals surface area contributed by atoms with Gasteiger partial charge in [0, 0.05) is 13.0 Å². The van der Waals surface area contributed by atoms with Gasteiger partial charge in [-0.15, -0.1) is 0 Å². The van der Waals surface area contributed by atoms with E-state index in [2.05, 4.69) is 0 Å². The number of carbonyl (C=O) groups is 1. The Kier molecular flexibility index (Phi) is 2.08. The Balaban J connectivity index is 2.80. The Labute approximate surface area is 72.2 Å². The number of carbonyl (C=O) groups excluding carboxylic acids is 1. The average molecular weight is 169 g/mol. The molecule has 1 fully saturated rings. The van der Waals surface area contributed by atoms with Gasteiger partial charge in [-0.2, -0.15) is 0 Å². The maximum Gasteiger partial charge on any atom is 0.242 e. The first-order chi connectivity index (χ1) is 5.46. The molecule has 0 radical (unpaired) electrons. The number of nitrogens with zero attached hydrogens (tertiary/aromatic N) is 1. The molecule has 4 nitrogen and oxygen atoms in total. The maximum absolute atomic E-state index is 11.0. The Morgan fingerprint density at radius 3 is 2.58 bits per heavy atom. The predicted molar refractivity (Wildman–Crippen MR) is 46.9 cm³/mol. The van der Waals surface area contributed by atoms with Crippen LogP contribution in [-0.4, -0.2) is 28.7 Å². The molecule has 0 aromatic heterocycles. The van der Waals surface area contributed by atoms with Gasteiger partial charge in [-0.25, -0.2) is 0 Å². The van der Waals surface area contributed by atoms with E-state index in [0.29, 0.717) is 5.84 Å². The van der Waals surface area contributed by atoms with Crippen LogP contribution in [0.2, 0.25) is 0 Å². The van der Waals surface area contributed by atoms with Crippen molar-refractivity contribution in [3.05, 3.63) is 0 Å². The van der Waals surface area contributed by atoms with Crippen LogP contribution in [0.25, 0.3) is 0 Å². The predicted octanol–water partition coefficient (Wildman–Crippen LogP) is 0.323. The van der Waals surface area contributed by atoms with Crippen LogP contribution in [0.3, 0.4) is 0 Å². The van der Waals surface area contributed by atoms with Crippen molar-refractivity contribution >= 4 is 11.7 Å². The number of rotatable bonds is 2. The summed E-state index contributed by atoms with van der Waals surface area (Å²) in [6.45, 7) is 4.29. The van der Waals surface area contributed by atoms with Crippen molar-refractivity contribution in [2.24, 2.45) is 5.73 Å². The van der Waals surface area contributed by atoms with Crippen molar-refractivity contribution in [3.63, 3.8) is 0 Å². The highest BCUT2D eigenvalue weighted by molar-refractivity contribution is 5.91. The van der Waals surface area contributed by atoms with Crippen molar-refractivity contribution in [1.29, 1.82) is 5.41 Å². The second-order valence-corrected chi connectivity index (χ2v) is 3.63. The summed E-state index contributed by atoms with van der Waals surface area (Å²) in [7, 11) is 0. The minimum absolute atomic E-state index is 0.367. The summed E-state index contributed by atoms with van der Waals surface area (Å²) < 4.78 is 0. The van der Waals surface area contributed by atoms with E-state index in [9.17, 15) is 4.79 Å². The fourth-order valence-electron chi connectivity index (χ4n) is 1.42. The summed E-state index contributed by atoms with van der Waals surface area (Å²) in [5, 5.41) is 7.57. The Morgan fingerprint density at radius 1 is 1.67 bits per heavy atom. The number of primary amides is 1. The Hall–Kier alpha value is -1.06. The van der Waals surface area contributed by atoms with Crippen molar-refractivity contribution < 1.29 is 4.79 Å². The van der Waals surface area contributed by atoms with Gasteiger partial charge >= 0.3 is 0 Å². The van der Waals surface area contributed by atoms with E-state index < -0.39 is 5.54 Å². The van der Waals surface area contributed by atoms with Gasteiger partial charge in [-0.3, -0.25) is 10.2 Å². The fraction of sp³-hybridized carbons (Fsp3) is 0.750. The summed E-state index contributed by atoms with van der Waals surface area (Å²) >= 11 is 0. The van der Waals surface area contributed by atoms with Crippen LogP contribution in [0, 0.1) is 5.41 Å². The smallest absolute Gasteiger partial charge is 0.242 e. The highest BCUT2D eigenvalue weighted by atomic mass is 16.1. The van der Waals surface area contributed by atoms with Crippen LogP contribution in [0.5, 0.6) is 0 Å². The summed E-state index contributed by atoms with van der Waals surface area (Å²) in [5.74, 6) is 0.160. The molecule has 1 amide bonds. The topological polar surface area (TPSA) is 70.2 Å². The summed E-state index contributed by atoms with van der Waals surface area (Å²) in [4.78, 5) is 12.8. The van der Waals surface area contributed by atoms with Gasteiger partial charge in [-0.1, -0.05) is 0 Å². The van der Waals surface area contributed by atoms with Crippen LogP contribution in [0.15, 0.2) is 0 Å². The molecule has 0 spiro atoms. The minimum Gasteiger partial charge on any atom is -0.368 e. The molecule has 0 bridgehead atoms. The molecule has 1 aliphatic heterocycles. The van der Waals surface area contributed by atoms with E-state index in [-0.39, 0.29) is 5.91 Å². The van der Waals surface area contributed by atoms with E-state index >= 15 is 0 Å². The van der Waals surface area contributed by atoms with E-state index in [1.54, 1.807) is 18.7 Å². The number of amides is 1. The fourth-order valence-corrected chi connectivity index (χ4v) is 1.42. The lowest BCUT2D eigenvalue weighted by Crippen LogP contribution is -2.53. The molecule has 0 aromatic carbocycles. The van der Waals surface area contributed by atoms with Crippen molar-refractivity contribution in [2.75, 3.05) is 6.54 Å².